The van der Waals surface area contributed by atoms with Crippen molar-refractivity contribution in [3.63, 3.8) is 0 Å². The first-order chi connectivity index (χ1) is 8.34. The second-order valence-electron chi connectivity index (χ2n) is 4.61. The second kappa shape index (κ2) is 6.33. The van der Waals surface area contributed by atoms with Crippen molar-refractivity contribution in [1.29, 1.82) is 0 Å². The first kappa shape index (κ1) is 15.2. The highest BCUT2D eigenvalue weighted by Gasteiger charge is 2.31. The Morgan fingerprint density at radius 2 is 2.22 bits per heavy atom. The molecule has 104 valence electrons. The largest absolute Gasteiger partial charge is 0.461 e. The molecular formula is C12H20O5S. The van der Waals surface area contributed by atoms with Crippen LogP contribution < -0.4 is 0 Å². The summed E-state index contributed by atoms with van der Waals surface area (Å²) >= 11 is 0. The summed E-state index contributed by atoms with van der Waals surface area (Å²) < 4.78 is 34.0. The van der Waals surface area contributed by atoms with E-state index < -0.39 is 21.1 Å². The Morgan fingerprint density at radius 3 is 2.72 bits per heavy atom. The summed E-state index contributed by atoms with van der Waals surface area (Å²) in [4.78, 5) is 11.1. The smallest absolute Gasteiger partial charge is 0.333 e. The van der Waals surface area contributed by atoms with Gasteiger partial charge in [0.2, 0.25) is 0 Å². The highest BCUT2D eigenvalue weighted by Crippen LogP contribution is 2.22. The summed E-state index contributed by atoms with van der Waals surface area (Å²) in [7, 11) is -3.25. The van der Waals surface area contributed by atoms with Crippen molar-refractivity contribution in [2.24, 2.45) is 5.92 Å². The molecule has 0 amide bonds. The lowest BCUT2D eigenvalue weighted by atomic mass is 10.1. The highest BCUT2D eigenvalue weighted by atomic mass is 32.2. The molecule has 0 N–H and O–H groups in total. The van der Waals surface area contributed by atoms with Crippen LogP contribution in [0.5, 0.6) is 0 Å². The Balaban J connectivity index is 2.44. The van der Waals surface area contributed by atoms with Crippen molar-refractivity contribution >= 4 is 15.8 Å². The Bertz CT molecular complexity index is 406. The van der Waals surface area contributed by atoms with Crippen LogP contribution in [0.2, 0.25) is 0 Å². The Hall–Kier alpha value is -0.880. The average molecular weight is 276 g/mol. The van der Waals surface area contributed by atoms with E-state index in [0.717, 1.165) is 6.42 Å². The maximum atomic E-state index is 12.0. The predicted molar refractivity (Wildman–Crippen MR) is 67.9 cm³/mol. The molecule has 2 unspecified atom stereocenters. The van der Waals surface area contributed by atoms with Crippen LogP contribution in [0.1, 0.15) is 20.3 Å². The van der Waals surface area contributed by atoms with Crippen molar-refractivity contribution in [3.05, 3.63) is 12.2 Å². The van der Waals surface area contributed by atoms with Gasteiger partial charge in [0.1, 0.15) is 6.61 Å². The van der Waals surface area contributed by atoms with Gasteiger partial charge in [0.15, 0.2) is 9.84 Å². The number of sulfone groups is 1. The third-order valence-electron chi connectivity index (χ3n) is 3.14. The molecule has 5 nitrogen and oxygen atoms in total. The molecule has 1 aliphatic rings. The SMILES string of the molecule is C=C(C)C(=O)OCCS(=O)(=O)C(C)C1CCOC1. The van der Waals surface area contributed by atoms with Gasteiger partial charge in [-0.2, -0.15) is 0 Å². The van der Waals surface area contributed by atoms with Gasteiger partial charge in [-0.3, -0.25) is 0 Å². The van der Waals surface area contributed by atoms with E-state index in [0.29, 0.717) is 13.2 Å². The monoisotopic (exact) mass is 276 g/mol. The molecule has 1 heterocycles. The van der Waals surface area contributed by atoms with Gasteiger partial charge in [0.05, 0.1) is 17.6 Å². The van der Waals surface area contributed by atoms with E-state index in [-0.39, 0.29) is 23.9 Å². The van der Waals surface area contributed by atoms with Gasteiger partial charge in [-0.25, -0.2) is 13.2 Å². The molecule has 0 saturated carbocycles. The molecule has 1 aliphatic heterocycles. The number of ether oxygens (including phenoxy) is 2. The fourth-order valence-corrected chi connectivity index (χ4v) is 3.26. The zero-order valence-electron chi connectivity index (χ0n) is 10.8. The molecule has 1 rings (SSSR count). The standard InChI is InChI=1S/C12H20O5S/c1-9(2)12(13)17-6-7-18(14,15)10(3)11-4-5-16-8-11/h10-11H,1,4-8H2,2-3H3. The summed E-state index contributed by atoms with van der Waals surface area (Å²) in [5, 5.41) is -0.455. The molecule has 0 bridgehead atoms. The van der Waals surface area contributed by atoms with Gasteiger partial charge in [0.25, 0.3) is 0 Å². The molecule has 18 heavy (non-hydrogen) atoms. The molecular weight excluding hydrogens is 256 g/mol. The van der Waals surface area contributed by atoms with Crippen molar-refractivity contribution in [1.82, 2.24) is 0 Å². The highest BCUT2D eigenvalue weighted by molar-refractivity contribution is 7.92. The van der Waals surface area contributed by atoms with E-state index in [4.69, 9.17) is 9.47 Å². The number of carbonyl (C=O) groups is 1. The zero-order valence-corrected chi connectivity index (χ0v) is 11.7. The lowest BCUT2D eigenvalue weighted by Gasteiger charge is -2.18. The predicted octanol–water partition coefficient (Wildman–Crippen LogP) is 0.946. The van der Waals surface area contributed by atoms with E-state index >= 15 is 0 Å². The third-order valence-corrected chi connectivity index (χ3v) is 5.40. The van der Waals surface area contributed by atoms with Crippen LogP contribution in [0.4, 0.5) is 0 Å². The maximum absolute atomic E-state index is 12.0. The van der Waals surface area contributed by atoms with Gasteiger partial charge in [-0.15, -0.1) is 0 Å². The van der Waals surface area contributed by atoms with E-state index in [9.17, 15) is 13.2 Å². The fourth-order valence-electron chi connectivity index (χ4n) is 1.78. The Kier molecular flexibility index (Phi) is 5.34. The van der Waals surface area contributed by atoms with Crippen LogP contribution in [-0.4, -0.2) is 45.2 Å². The molecule has 0 aliphatic carbocycles. The third kappa shape index (κ3) is 4.10. The molecule has 0 aromatic rings. The molecule has 0 aromatic heterocycles. The number of hydrogen-bond acceptors (Lipinski definition) is 5. The van der Waals surface area contributed by atoms with Crippen molar-refractivity contribution in [2.45, 2.75) is 25.5 Å². The molecule has 6 heteroatoms. The van der Waals surface area contributed by atoms with Crippen LogP contribution in [0.25, 0.3) is 0 Å². The first-order valence-corrected chi connectivity index (χ1v) is 7.68. The second-order valence-corrected chi connectivity index (χ2v) is 7.09. The minimum absolute atomic E-state index is 0.0480. The average Bonchev–Trinajstić information content (AvgIpc) is 2.80. The molecule has 0 spiro atoms. The molecule has 2 atom stereocenters. The van der Waals surface area contributed by atoms with Crippen molar-refractivity contribution in [2.75, 3.05) is 25.6 Å². The van der Waals surface area contributed by atoms with Gasteiger partial charge in [0, 0.05) is 18.1 Å². The van der Waals surface area contributed by atoms with E-state index in [1.54, 1.807) is 6.92 Å². The van der Waals surface area contributed by atoms with Gasteiger partial charge < -0.3 is 9.47 Å². The van der Waals surface area contributed by atoms with E-state index in [2.05, 4.69) is 6.58 Å². The summed E-state index contributed by atoms with van der Waals surface area (Å²) in [6.07, 6.45) is 0.770. The first-order valence-electron chi connectivity index (χ1n) is 5.96. The van der Waals surface area contributed by atoms with Crippen LogP contribution in [0.15, 0.2) is 12.2 Å². The molecule has 0 radical (unpaired) electrons. The fraction of sp³-hybridized carbons (Fsp3) is 0.750. The van der Waals surface area contributed by atoms with Crippen LogP contribution in [-0.2, 0) is 24.1 Å². The minimum atomic E-state index is -3.25. The summed E-state index contributed by atoms with van der Waals surface area (Å²) in [5.41, 5.74) is 0.268. The van der Waals surface area contributed by atoms with Crippen molar-refractivity contribution in [3.8, 4) is 0 Å². The minimum Gasteiger partial charge on any atom is -0.461 e. The van der Waals surface area contributed by atoms with Gasteiger partial charge in [-0.1, -0.05) is 6.58 Å². The topological polar surface area (TPSA) is 69.7 Å². The quantitative estimate of drug-likeness (QED) is 0.533. The number of carbonyl (C=O) groups excluding carboxylic acids is 1. The summed E-state index contributed by atoms with van der Waals surface area (Å²) in [5.74, 6) is -0.655. The van der Waals surface area contributed by atoms with E-state index in [1.165, 1.54) is 6.92 Å². The van der Waals surface area contributed by atoms with E-state index in [1.807, 2.05) is 0 Å². The number of esters is 1. The molecule has 0 aromatic carbocycles. The van der Waals surface area contributed by atoms with Crippen molar-refractivity contribution < 1.29 is 22.7 Å². The van der Waals surface area contributed by atoms with Gasteiger partial charge in [-0.05, 0) is 20.3 Å². The van der Waals surface area contributed by atoms with Crippen LogP contribution in [0.3, 0.4) is 0 Å². The summed E-state index contributed by atoms with van der Waals surface area (Å²) in [6, 6.07) is 0. The molecule has 1 saturated heterocycles. The molecule has 1 fully saturated rings. The Labute approximate surface area is 108 Å². The lowest BCUT2D eigenvalue weighted by molar-refractivity contribution is -0.138. The number of hydrogen-bond donors (Lipinski definition) is 0. The normalized spacial score (nSPS) is 21.6. The Morgan fingerprint density at radius 1 is 1.56 bits per heavy atom. The summed E-state index contributed by atoms with van der Waals surface area (Å²) in [6.45, 7) is 7.63. The van der Waals surface area contributed by atoms with Gasteiger partial charge >= 0.3 is 5.97 Å². The zero-order chi connectivity index (χ0) is 13.8. The van der Waals surface area contributed by atoms with Crippen LogP contribution >= 0.6 is 0 Å². The van der Waals surface area contributed by atoms with Crippen LogP contribution in [0, 0.1) is 5.92 Å². The number of rotatable bonds is 6. The lowest BCUT2D eigenvalue weighted by Crippen LogP contribution is -2.31. The maximum Gasteiger partial charge on any atom is 0.333 e.